The highest BCUT2D eigenvalue weighted by atomic mass is 79.9. The molecule has 1 aliphatic rings. The minimum Gasteiger partial charge on any atom is -0.494 e. The first kappa shape index (κ1) is 23.0. The maximum absolute atomic E-state index is 13.7. The lowest BCUT2D eigenvalue weighted by molar-refractivity contribution is -0.117. The maximum Gasteiger partial charge on any atom is 0.255 e. The zero-order valence-corrected chi connectivity index (χ0v) is 19.8. The molecule has 0 saturated carbocycles. The van der Waals surface area contributed by atoms with Gasteiger partial charge in [0.2, 0.25) is 5.91 Å². The van der Waals surface area contributed by atoms with Gasteiger partial charge < -0.3 is 15.0 Å². The van der Waals surface area contributed by atoms with Gasteiger partial charge in [-0.05, 0) is 66.6 Å². The van der Waals surface area contributed by atoms with Gasteiger partial charge in [-0.1, -0.05) is 41.4 Å². The van der Waals surface area contributed by atoms with Crippen LogP contribution in [0.2, 0.25) is 0 Å². The number of carbonyl (C=O) groups excluding carboxylic acids is 2. The molecule has 0 radical (unpaired) electrons. The van der Waals surface area contributed by atoms with Crippen LogP contribution in [-0.2, 0) is 4.79 Å². The molecule has 1 N–H and O–H groups in total. The summed E-state index contributed by atoms with van der Waals surface area (Å²) >= 11 is 3.49. The van der Waals surface area contributed by atoms with Crippen LogP contribution in [0.1, 0.15) is 47.3 Å². The molecule has 1 heterocycles. The van der Waals surface area contributed by atoms with Crippen LogP contribution in [0.15, 0.2) is 71.2 Å². The number of hydrogen-bond donors (Lipinski definition) is 1. The molecule has 4 rings (SSSR count). The molecular formula is C26H24BrFN2O3. The molecule has 5 nitrogen and oxygen atoms in total. The summed E-state index contributed by atoms with van der Waals surface area (Å²) in [7, 11) is 0. The number of fused-ring (bicyclic) bond motifs is 1. The molecule has 7 heteroatoms. The van der Waals surface area contributed by atoms with Crippen molar-refractivity contribution in [2.75, 3.05) is 18.5 Å². The molecule has 0 bridgehead atoms. The average Bonchev–Trinajstić information content (AvgIpc) is 2.95. The second kappa shape index (κ2) is 10.2. The van der Waals surface area contributed by atoms with Gasteiger partial charge in [-0.15, -0.1) is 0 Å². The lowest BCUT2D eigenvalue weighted by atomic mass is 9.95. The second-order valence-electron chi connectivity index (χ2n) is 7.89. The van der Waals surface area contributed by atoms with Gasteiger partial charge in [0.15, 0.2) is 0 Å². The number of unbranched alkanes of at least 4 members (excludes halogenated alkanes) is 1. The van der Waals surface area contributed by atoms with E-state index in [1.54, 1.807) is 42.5 Å². The molecule has 0 saturated heterocycles. The van der Waals surface area contributed by atoms with Crippen LogP contribution in [0.4, 0.5) is 10.1 Å². The zero-order chi connectivity index (χ0) is 23.4. The summed E-state index contributed by atoms with van der Waals surface area (Å²) in [5.74, 6) is -0.269. The Kier molecular flexibility index (Phi) is 7.08. The van der Waals surface area contributed by atoms with E-state index in [0.29, 0.717) is 29.2 Å². The first-order chi connectivity index (χ1) is 16.0. The molecule has 0 spiro atoms. The van der Waals surface area contributed by atoms with Gasteiger partial charge in [0.05, 0.1) is 12.6 Å². The Bertz CT molecular complexity index is 1150. The number of amides is 2. The van der Waals surface area contributed by atoms with Gasteiger partial charge in [0, 0.05) is 21.3 Å². The number of halogens is 2. The lowest BCUT2D eigenvalue weighted by Gasteiger charge is -2.31. The van der Waals surface area contributed by atoms with E-state index >= 15 is 0 Å². The number of benzene rings is 3. The maximum atomic E-state index is 13.7. The van der Waals surface area contributed by atoms with E-state index in [9.17, 15) is 14.0 Å². The minimum absolute atomic E-state index is 0.137. The van der Waals surface area contributed by atoms with Crippen LogP contribution in [0.3, 0.4) is 0 Å². The average molecular weight is 511 g/mol. The van der Waals surface area contributed by atoms with Gasteiger partial charge in [0.1, 0.15) is 18.1 Å². The Morgan fingerprint density at radius 1 is 1.12 bits per heavy atom. The SMILES string of the molecule is CCCCOc1ccc(C(=O)N2CC(=O)Nc3ccc(Br)cc3[C@@H]2c2ccc(F)cc2)cc1. The normalized spacial score (nSPS) is 15.4. The molecule has 0 aliphatic carbocycles. The van der Waals surface area contributed by atoms with Crippen LogP contribution in [0.25, 0.3) is 0 Å². The topological polar surface area (TPSA) is 58.6 Å². The van der Waals surface area contributed by atoms with Crippen molar-refractivity contribution in [3.05, 3.63) is 93.7 Å². The largest absolute Gasteiger partial charge is 0.494 e. The highest BCUT2D eigenvalue weighted by molar-refractivity contribution is 9.10. The van der Waals surface area contributed by atoms with Crippen LogP contribution < -0.4 is 10.1 Å². The summed E-state index contributed by atoms with van der Waals surface area (Å²) < 4.78 is 20.2. The Balaban J connectivity index is 1.73. The summed E-state index contributed by atoms with van der Waals surface area (Å²) in [6, 6.07) is 17.9. The number of rotatable bonds is 6. The fourth-order valence-corrected chi connectivity index (χ4v) is 4.24. The Labute approximate surface area is 200 Å². The van der Waals surface area contributed by atoms with E-state index in [4.69, 9.17) is 4.74 Å². The molecule has 33 heavy (non-hydrogen) atoms. The molecule has 3 aromatic rings. The summed E-state index contributed by atoms with van der Waals surface area (Å²) in [4.78, 5) is 27.9. The lowest BCUT2D eigenvalue weighted by Crippen LogP contribution is -2.39. The number of ether oxygens (including phenoxy) is 1. The van der Waals surface area contributed by atoms with Gasteiger partial charge in [-0.2, -0.15) is 0 Å². The van der Waals surface area contributed by atoms with E-state index in [1.165, 1.54) is 17.0 Å². The molecule has 0 unspecified atom stereocenters. The Hall–Kier alpha value is -3.19. The first-order valence-corrected chi connectivity index (χ1v) is 11.6. The zero-order valence-electron chi connectivity index (χ0n) is 18.2. The number of anilines is 1. The molecule has 170 valence electrons. The van der Waals surface area contributed by atoms with Crippen molar-refractivity contribution in [2.24, 2.45) is 0 Å². The fourth-order valence-electron chi connectivity index (χ4n) is 3.86. The van der Waals surface area contributed by atoms with E-state index in [1.807, 2.05) is 12.1 Å². The molecule has 1 atom stereocenters. The third-order valence-electron chi connectivity index (χ3n) is 5.52. The molecule has 0 aromatic heterocycles. The third-order valence-corrected chi connectivity index (χ3v) is 6.02. The van der Waals surface area contributed by atoms with Gasteiger partial charge in [-0.25, -0.2) is 4.39 Å². The molecule has 2 amide bonds. The van der Waals surface area contributed by atoms with E-state index < -0.39 is 6.04 Å². The van der Waals surface area contributed by atoms with Crippen molar-refractivity contribution in [2.45, 2.75) is 25.8 Å². The molecule has 3 aromatic carbocycles. The van der Waals surface area contributed by atoms with Gasteiger partial charge in [0.25, 0.3) is 5.91 Å². The fraction of sp³-hybridized carbons (Fsp3) is 0.231. The first-order valence-electron chi connectivity index (χ1n) is 10.8. The number of nitrogens with zero attached hydrogens (tertiary/aromatic N) is 1. The number of nitrogens with one attached hydrogen (secondary N) is 1. The number of hydrogen-bond acceptors (Lipinski definition) is 3. The molecular weight excluding hydrogens is 487 g/mol. The highest BCUT2D eigenvalue weighted by Gasteiger charge is 2.34. The summed E-state index contributed by atoms with van der Waals surface area (Å²) in [6.07, 6.45) is 1.99. The minimum atomic E-state index is -0.579. The standard InChI is InChI=1S/C26H24BrFN2O3/c1-2-3-14-33-21-11-6-18(7-12-21)26(32)30-16-24(31)29-23-13-8-19(27)15-22(23)25(30)17-4-9-20(28)10-5-17/h4-13,15,25H,2-3,14,16H2,1H3,(H,29,31)/t25-/m0/s1. The van der Waals surface area contributed by atoms with E-state index in [0.717, 1.165) is 22.9 Å². The van der Waals surface area contributed by atoms with Gasteiger partial charge >= 0.3 is 0 Å². The summed E-state index contributed by atoms with van der Waals surface area (Å²) in [6.45, 7) is 2.58. The molecule has 1 aliphatic heterocycles. The quantitative estimate of drug-likeness (QED) is 0.416. The summed E-state index contributed by atoms with van der Waals surface area (Å²) in [5, 5.41) is 2.89. The van der Waals surface area contributed by atoms with Crippen LogP contribution >= 0.6 is 15.9 Å². The Morgan fingerprint density at radius 3 is 2.55 bits per heavy atom. The number of carbonyl (C=O) groups is 2. The van der Waals surface area contributed by atoms with Crippen molar-refractivity contribution < 1.29 is 18.7 Å². The Morgan fingerprint density at radius 2 is 1.85 bits per heavy atom. The van der Waals surface area contributed by atoms with Crippen molar-refractivity contribution in [1.82, 2.24) is 4.90 Å². The third kappa shape index (κ3) is 5.25. The van der Waals surface area contributed by atoms with Crippen LogP contribution in [0.5, 0.6) is 5.75 Å². The van der Waals surface area contributed by atoms with Crippen molar-refractivity contribution in [1.29, 1.82) is 0 Å². The van der Waals surface area contributed by atoms with E-state index in [-0.39, 0.29) is 24.2 Å². The van der Waals surface area contributed by atoms with Crippen molar-refractivity contribution in [3.63, 3.8) is 0 Å². The predicted molar refractivity (Wildman–Crippen MR) is 129 cm³/mol. The second-order valence-corrected chi connectivity index (χ2v) is 8.81. The predicted octanol–water partition coefficient (Wildman–Crippen LogP) is 5.95. The monoisotopic (exact) mass is 510 g/mol. The van der Waals surface area contributed by atoms with Gasteiger partial charge in [-0.3, -0.25) is 9.59 Å². The van der Waals surface area contributed by atoms with Crippen LogP contribution in [-0.4, -0.2) is 29.9 Å². The highest BCUT2D eigenvalue weighted by Crippen LogP contribution is 2.38. The summed E-state index contributed by atoms with van der Waals surface area (Å²) in [5.41, 5.74) is 2.51. The van der Waals surface area contributed by atoms with Crippen molar-refractivity contribution in [3.8, 4) is 5.75 Å². The van der Waals surface area contributed by atoms with Crippen molar-refractivity contribution >= 4 is 33.4 Å². The smallest absolute Gasteiger partial charge is 0.255 e. The van der Waals surface area contributed by atoms with E-state index in [2.05, 4.69) is 28.2 Å². The van der Waals surface area contributed by atoms with Crippen LogP contribution in [0, 0.1) is 5.82 Å². The molecule has 0 fully saturated rings.